The van der Waals surface area contributed by atoms with Gasteiger partial charge < -0.3 is 0 Å². The van der Waals surface area contributed by atoms with Crippen LogP contribution in [-0.4, -0.2) is 0 Å². The van der Waals surface area contributed by atoms with Crippen LogP contribution >= 0.6 is 24.8 Å². The molecule has 0 N–H and O–H groups in total. The molecule has 1 rings (SSSR count). The molecule has 0 bridgehead atoms. The second-order valence-corrected chi connectivity index (χ2v) is 7.43. The number of halogens is 2. The molecule has 0 aromatic heterocycles. The first kappa shape index (κ1) is 15.3. The minimum Gasteiger partial charge on any atom is -0.147 e. The first-order valence-electron chi connectivity index (χ1n) is 3.72. The zero-order chi connectivity index (χ0) is 7.61. The van der Waals surface area contributed by atoms with Gasteiger partial charge in [-0.1, -0.05) is 0 Å². The van der Waals surface area contributed by atoms with E-state index in [4.69, 9.17) is 0 Å². The average Bonchev–Trinajstić information content (AvgIpc) is 2.12. The summed E-state index contributed by atoms with van der Waals surface area (Å²) in [5, 5.41) is 0. The van der Waals surface area contributed by atoms with Crippen molar-refractivity contribution >= 4 is 24.8 Å². The van der Waals surface area contributed by atoms with E-state index in [1.165, 1.54) is 6.42 Å². The van der Waals surface area contributed by atoms with Crippen LogP contribution in [0.4, 0.5) is 0 Å². The van der Waals surface area contributed by atoms with Gasteiger partial charge in [-0.2, -0.15) is 0 Å². The molecule has 0 saturated heterocycles. The molecule has 1 aliphatic rings. The maximum atomic E-state index is 2.34. The Hall–Kier alpha value is 0.774. The molecule has 0 saturated carbocycles. The zero-order valence-corrected chi connectivity index (χ0v) is 11.0. The molecule has 0 aromatic rings. The van der Waals surface area contributed by atoms with Gasteiger partial charge >= 0.3 is 72.2 Å². The Bertz CT molecular complexity index is 177. The van der Waals surface area contributed by atoms with E-state index in [1.807, 2.05) is 0 Å². The van der Waals surface area contributed by atoms with E-state index < -0.39 is 0 Å². The minimum atomic E-state index is 0. The topological polar surface area (TPSA) is 0 Å². The number of rotatable bonds is 1. The van der Waals surface area contributed by atoms with Crippen molar-refractivity contribution in [1.82, 2.24) is 0 Å². The van der Waals surface area contributed by atoms with Gasteiger partial charge in [0.1, 0.15) is 0 Å². The van der Waals surface area contributed by atoms with Gasteiger partial charge in [-0.25, -0.2) is 0 Å². The van der Waals surface area contributed by atoms with Crippen LogP contribution in [0.2, 0.25) is 3.72 Å². The number of hydrogen-bond acceptors (Lipinski definition) is 0. The predicted molar refractivity (Wildman–Crippen MR) is 56.1 cm³/mol. The molecule has 0 aliphatic heterocycles. The van der Waals surface area contributed by atoms with Gasteiger partial charge in [-0.3, -0.25) is 0 Å². The van der Waals surface area contributed by atoms with Crippen LogP contribution in [-0.2, 0) is 19.2 Å². The van der Waals surface area contributed by atoms with E-state index >= 15 is 0 Å². The van der Waals surface area contributed by atoms with Gasteiger partial charge in [0, 0.05) is 0 Å². The summed E-state index contributed by atoms with van der Waals surface area (Å²) in [5.41, 5.74) is 0. The first-order chi connectivity index (χ1) is 4.58. The molecule has 3 heteroatoms. The monoisotopic (exact) mass is 242 g/mol. The van der Waals surface area contributed by atoms with E-state index in [1.54, 1.807) is 3.88 Å². The fourth-order valence-electron chi connectivity index (χ4n) is 1.02. The van der Waals surface area contributed by atoms with Crippen molar-refractivity contribution < 1.29 is 19.2 Å². The molecule has 12 heavy (non-hydrogen) atoms. The summed E-state index contributed by atoms with van der Waals surface area (Å²) < 4.78 is 2.28. The van der Waals surface area contributed by atoms with Crippen molar-refractivity contribution in [3.05, 3.63) is 22.1 Å². The Kier molecular flexibility index (Phi) is 7.96. The maximum absolute atomic E-state index is 2.34. The van der Waals surface area contributed by atoms with Gasteiger partial charge in [-0.05, 0) is 0 Å². The van der Waals surface area contributed by atoms with Gasteiger partial charge in [-0.15, -0.1) is 24.8 Å². The van der Waals surface area contributed by atoms with E-state index in [0.29, 0.717) is 3.72 Å². The van der Waals surface area contributed by atoms with E-state index in [-0.39, 0.29) is 44.0 Å². The summed E-state index contributed by atoms with van der Waals surface area (Å²) in [6.07, 6.45) is 7.97. The molecule has 0 amide bonds. The standard InChI is InChI=1S/C5H5.C4H9.2ClH.Ti/c1-2-4-5-3-1;1-4(2)3;;;/h1-3H,4H2;1-3H3;2*1H;. The summed E-state index contributed by atoms with van der Waals surface area (Å²) in [6.45, 7) is 7.02. The molecule has 0 heterocycles. The average molecular weight is 243 g/mol. The Balaban J connectivity index is 0. The van der Waals surface area contributed by atoms with Crippen LogP contribution in [0.25, 0.3) is 0 Å². The predicted octanol–water partition coefficient (Wildman–Crippen LogP) is 3.97. The molecule has 0 aromatic carbocycles. The number of hydrogen-bond donors (Lipinski definition) is 0. The number of allylic oxidation sites excluding steroid dienone is 4. The van der Waals surface area contributed by atoms with Gasteiger partial charge in [0.2, 0.25) is 0 Å². The van der Waals surface area contributed by atoms with Crippen LogP contribution in [0, 0.1) is 0 Å². The van der Waals surface area contributed by atoms with Crippen LogP contribution in [0.15, 0.2) is 22.1 Å². The molecule has 0 radical (unpaired) electrons. The molecule has 0 unspecified atom stereocenters. The first-order valence-corrected chi connectivity index (χ1v) is 5.28. The van der Waals surface area contributed by atoms with Crippen LogP contribution in [0.5, 0.6) is 0 Å². The fourth-order valence-corrected chi connectivity index (χ4v) is 3.15. The molecule has 0 spiro atoms. The molecule has 1 aliphatic carbocycles. The molecule has 0 fully saturated rings. The Labute approximate surface area is 96.6 Å². The third kappa shape index (κ3) is 6.31. The normalized spacial score (nSPS) is 14.4. The quantitative estimate of drug-likeness (QED) is 0.611. The Morgan fingerprint density at radius 2 is 1.83 bits per heavy atom. The molecule has 70 valence electrons. The van der Waals surface area contributed by atoms with Gasteiger partial charge in [0.15, 0.2) is 0 Å². The summed E-state index contributed by atoms with van der Waals surface area (Å²) in [7, 11) is 0. The van der Waals surface area contributed by atoms with Crippen molar-refractivity contribution in [2.45, 2.75) is 30.9 Å². The van der Waals surface area contributed by atoms with E-state index in [2.05, 4.69) is 39.0 Å². The zero-order valence-electron chi connectivity index (χ0n) is 7.76. The summed E-state index contributed by atoms with van der Waals surface area (Å²) >= 11 is 0.146. The minimum absolute atomic E-state index is 0. The van der Waals surface area contributed by atoms with Gasteiger partial charge in [0.05, 0.1) is 0 Å². The van der Waals surface area contributed by atoms with Crippen LogP contribution < -0.4 is 0 Å². The second-order valence-electron chi connectivity index (χ2n) is 3.70. The summed E-state index contributed by atoms with van der Waals surface area (Å²) in [6, 6.07) is 0. The smallest absolute Gasteiger partial charge is 0.147 e. The SMILES string of the molecule is C[C](C)(C)[Ti][C]1=CC=CC1.Cl.Cl. The fraction of sp³-hybridized carbons (Fsp3) is 0.556. The van der Waals surface area contributed by atoms with Crippen molar-refractivity contribution in [1.29, 1.82) is 0 Å². The van der Waals surface area contributed by atoms with E-state index in [0.717, 1.165) is 0 Å². The summed E-state index contributed by atoms with van der Waals surface area (Å²) in [5.74, 6) is 0. The summed E-state index contributed by atoms with van der Waals surface area (Å²) in [4.78, 5) is 0. The third-order valence-electron chi connectivity index (χ3n) is 1.31. The van der Waals surface area contributed by atoms with Crippen molar-refractivity contribution in [2.24, 2.45) is 0 Å². The molecular formula is C9H16Cl2Ti. The van der Waals surface area contributed by atoms with Crippen LogP contribution in [0.3, 0.4) is 0 Å². The second kappa shape index (κ2) is 6.26. The molecular weight excluding hydrogens is 227 g/mol. The van der Waals surface area contributed by atoms with Crippen molar-refractivity contribution in [3.8, 4) is 0 Å². The van der Waals surface area contributed by atoms with Crippen molar-refractivity contribution in [3.63, 3.8) is 0 Å². The Morgan fingerprint density at radius 1 is 1.25 bits per heavy atom. The van der Waals surface area contributed by atoms with Crippen LogP contribution in [0.1, 0.15) is 27.2 Å². The largest absolute Gasteiger partial charge is 0.147 e. The molecule has 0 nitrogen and oxygen atoms in total. The Morgan fingerprint density at radius 3 is 2.17 bits per heavy atom. The van der Waals surface area contributed by atoms with E-state index in [9.17, 15) is 0 Å². The van der Waals surface area contributed by atoms with Gasteiger partial charge in [0.25, 0.3) is 0 Å². The van der Waals surface area contributed by atoms with Crippen molar-refractivity contribution in [2.75, 3.05) is 0 Å². The molecule has 0 atom stereocenters. The third-order valence-corrected chi connectivity index (χ3v) is 3.56. The maximum Gasteiger partial charge on any atom is -0.147 e.